The summed E-state index contributed by atoms with van der Waals surface area (Å²) in [6.07, 6.45) is 4.22. The fraction of sp³-hybridized carbons (Fsp3) is 0.596. The smallest absolute Gasteiger partial charge is 0.328 e. The quantitative estimate of drug-likeness (QED) is 0.0156. The Morgan fingerprint density at radius 2 is 1.41 bits per heavy atom. The Labute approximate surface area is 500 Å². The standard InChI is InChI=1S/C54H80N16O13.C3H8/c1-2-3-22-81-52-63-47(55)46-49(64-52)70(53(75)62-46)34-38-8-6-37(7-9-38)33-67-18-14-40(15-19-67)48-66-65-43-35-68(20-21-69(43)48)54(76)82-36-39-10-12-41(13-11-39)60-50(73)42(5-4-17-58-51(56)74)61-45(72)32-59-44(71)16-23-77-24-25-78-26-27-79-28-29-80-30-31-83-57;1-3-2/h6-13,40,42,54,76H,2-5,14-36,57H2,1H3,(H,59,71)(H,60,73)(H,61,72)(H,62,75)(H2,55,63,64)(H3,56,58,74);3H2,1-2H3. The number of aromatic amines is 1. The largest absolute Gasteiger partial charge is 0.463 e. The third-order valence-corrected chi connectivity index (χ3v) is 13.8. The first-order valence-electron chi connectivity index (χ1n) is 29.5. The molecule has 0 bridgehead atoms. The molecule has 2 unspecified atom stereocenters. The monoisotopic (exact) mass is 1200 g/mol. The first-order valence-corrected chi connectivity index (χ1v) is 29.5. The van der Waals surface area contributed by atoms with Gasteiger partial charge in [0.25, 0.3) is 0 Å². The van der Waals surface area contributed by atoms with Gasteiger partial charge in [0.1, 0.15) is 23.2 Å². The number of aliphatic hydroxyl groups is 1. The molecule has 2 aromatic carbocycles. The number of primary amides is 1. The van der Waals surface area contributed by atoms with Gasteiger partial charge in [-0.05, 0) is 74.0 Å². The van der Waals surface area contributed by atoms with Crippen LogP contribution in [0, 0.1) is 0 Å². The number of imidazole rings is 1. The first-order chi connectivity index (χ1) is 41.8. The van der Waals surface area contributed by atoms with E-state index in [-0.39, 0.29) is 69.2 Å². The predicted octanol–water partition coefficient (Wildman–Crippen LogP) is 1.96. The summed E-state index contributed by atoms with van der Waals surface area (Å²) in [7, 11) is 0. The van der Waals surface area contributed by atoms with Gasteiger partial charge in [0.15, 0.2) is 11.5 Å². The van der Waals surface area contributed by atoms with Crippen LogP contribution in [0.5, 0.6) is 6.01 Å². The topological polar surface area (TPSA) is 380 Å². The van der Waals surface area contributed by atoms with E-state index in [1.165, 1.54) is 12.0 Å². The summed E-state index contributed by atoms with van der Waals surface area (Å²) in [6, 6.07) is 13.6. The number of piperidine rings is 1. The maximum Gasteiger partial charge on any atom is 0.328 e. The number of hydrogen-bond acceptors (Lipinski definition) is 21. The Morgan fingerprint density at radius 3 is 2.06 bits per heavy atom. The van der Waals surface area contributed by atoms with Crippen molar-refractivity contribution >= 4 is 46.4 Å². The lowest BCUT2D eigenvalue weighted by atomic mass is 9.95. The minimum atomic E-state index is -1.20. The fourth-order valence-electron chi connectivity index (χ4n) is 9.30. The molecule has 5 aromatic rings. The molecule has 12 N–H and O–H groups in total. The lowest BCUT2D eigenvalue weighted by molar-refractivity contribution is -0.207. The number of nitrogen functional groups attached to an aromatic ring is 1. The Kier molecular flexibility index (Phi) is 29.5. The summed E-state index contributed by atoms with van der Waals surface area (Å²) in [5.74, 6) is 5.56. The normalized spacial score (nSPS) is 14.4. The van der Waals surface area contributed by atoms with E-state index in [9.17, 15) is 29.1 Å². The second-order valence-electron chi connectivity index (χ2n) is 20.7. The van der Waals surface area contributed by atoms with E-state index in [2.05, 4.69) is 93.6 Å². The zero-order chi connectivity index (χ0) is 61.5. The van der Waals surface area contributed by atoms with Crippen LogP contribution in [0.1, 0.15) is 106 Å². The molecular formula is C57H88N16O13. The van der Waals surface area contributed by atoms with E-state index in [4.69, 9.17) is 45.8 Å². The number of nitrogens with one attached hydrogen (secondary N) is 5. The Hall–Kier alpha value is -7.19. The van der Waals surface area contributed by atoms with Gasteiger partial charge in [0.05, 0.1) is 92.3 Å². The van der Waals surface area contributed by atoms with Crippen molar-refractivity contribution in [2.45, 2.75) is 123 Å². The molecular weight excluding hydrogens is 1120 g/mol. The van der Waals surface area contributed by atoms with Gasteiger partial charge in [0, 0.05) is 44.2 Å². The lowest BCUT2D eigenvalue weighted by Gasteiger charge is -2.34. The third-order valence-electron chi connectivity index (χ3n) is 13.8. The molecule has 474 valence electrons. The minimum absolute atomic E-state index is 0.00862. The molecule has 0 saturated carbocycles. The number of rotatable bonds is 37. The van der Waals surface area contributed by atoms with Gasteiger partial charge in [-0.2, -0.15) is 9.97 Å². The number of unbranched alkanes of at least 4 members (excludes halogenated alkanes) is 1. The van der Waals surface area contributed by atoms with E-state index >= 15 is 0 Å². The van der Waals surface area contributed by atoms with Crippen LogP contribution in [-0.4, -0.2) is 184 Å². The highest BCUT2D eigenvalue weighted by Crippen LogP contribution is 2.30. The van der Waals surface area contributed by atoms with Crippen molar-refractivity contribution < 1.29 is 57.5 Å². The Balaban J connectivity index is 0.00000386. The van der Waals surface area contributed by atoms with E-state index < -0.39 is 36.2 Å². The maximum atomic E-state index is 13.4. The molecule has 2 atom stereocenters. The summed E-state index contributed by atoms with van der Waals surface area (Å²) in [5, 5.41) is 30.7. The number of aromatic nitrogens is 7. The summed E-state index contributed by atoms with van der Waals surface area (Å²) >= 11 is 0. The number of nitrogens with two attached hydrogens (primary N) is 3. The van der Waals surface area contributed by atoms with Gasteiger partial charge < -0.3 is 80.7 Å². The molecule has 0 aliphatic carbocycles. The SMILES string of the molecule is CCC.CCCCOc1nc(N)c2[nH]c(=O)n(Cc3ccc(CN4CCC(c5nnc6n5CCN(C(O)OCc5ccc(NC(=O)C(CCCNC(N)=O)NC(=O)CNC(=O)CCOCCOCCOCCOCCON)cc5)C6)CC4)cc3)c2n1. The number of carbonyl (C=O) groups is 4. The van der Waals surface area contributed by atoms with Crippen LogP contribution >= 0.6 is 0 Å². The van der Waals surface area contributed by atoms with Gasteiger partial charge in [-0.3, -0.25) is 23.9 Å². The number of benzene rings is 2. The van der Waals surface area contributed by atoms with Gasteiger partial charge in [-0.25, -0.2) is 20.4 Å². The first kappa shape index (κ1) is 67.9. The van der Waals surface area contributed by atoms with Gasteiger partial charge in [0.2, 0.25) is 24.1 Å². The number of likely N-dealkylation sites (tertiary alicyclic amines) is 1. The Bertz CT molecular complexity index is 2880. The van der Waals surface area contributed by atoms with Crippen molar-refractivity contribution in [3.05, 3.63) is 87.4 Å². The highest BCUT2D eigenvalue weighted by Gasteiger charge is 2.31. The second kappa shape index (κ2) is 37.4. The average molecular weight is 1210 g/mol. The molecule has 1 saturated heterocycles. The average Bonchev–Trinajstić information content (AvgIpc) is 2.59. The van der Waals surface area contributed by atoms with Crippen LogP contribution in [0.4, 0.5) is 16.3 Å². The van der Waals surface area contributed by atoms with Crippen LogP contribution in [0.3, 0.4) is 0 Å². The molecule has 0 spiro atoms. The van der Waals surface area contributed by atoms with Gasteiger partial charge in [-0.1, -0.05) is 70.0 Å². The van der Waals surface area contributed by atoms with E-state index in [1.807, 2.05) is 12.1 Å². The molecule has 29 heteroatoms. The highest BCUT2D eigenvalue weighted by molar-refractivity contribution is 5.97. The molecule has 0 radical (unpaired) electrons. The number of amides is 5. The lowest BCUT2D eigenvalue weighted by Crippen LogP contribution is -2.47. The molecule has 5 amide bonds. The molecule has 2 aliphatic rings. The van der Waals surface area contributed by atoms with Crippen molar-refractivity contribution in [3.8, 4) is 6.01 Å². The summed E-state index contributed by atoms with van der Waals surface area (Å²) < 4.78 is 36.8. The van der Waals surface area contributed by atoms with Crippen LogP contribution in [0.15, 0.2) is 53.3 Å². The highest BCUT2D eigenvalue weighted by atomic mass is 16.6. The Morgan fingerprint density at radius 1 is 0.767 bits per heavy atom. The predicted molar refractivity (Wildman–Crippen MR) is 318 cm³/mol. The molecule has 86 heavy (non-hydrogen) atoms. The molecule has 7 rings (SSSR count). The molecule has 2 aliphatic heterocycles. The van der Waals surface area contributed by atoms with Gasteiger partial charge >= 0.3 is 17.7 Å². The van der Waals surface area contributed by atoms with E-state index in [0.29, 0.717) is 102 Å². The zero-order valence-electron chi connectivity index (χ0n) is 49.8. The van der Waals surface area contributed by atoms with Gasteiger partial charge in [-0.15, -0.1) is 10.2 Å². The van der Waals surface area contributed by atoms with Crippen molar-refractivity contribution in [1.82, 2.24) is 60.0 Å². The number of fused-ring (bicyclic) bond motifs is 2. The number of hydrogen-bond donors (Lipinski definition) is 9. The number of urea groups is 1. The van der Waals surface area contributed by atoms with E-state index in [0.717, 1.165) is 68.1 Å². The number of carbonyl (C=O) groups excluding carboxylic acids is 4. The second-order valence-corrected chi connectivity index (χ2v) is 20.7. The third kappa shape index (κ3) is 22.9. The van der Waals surface area contributed by atoms with Crippen LogP contribution in [-0.2, 0) is 75.7 Å². The molecule has 1 fully saturated rings. The molecule has 5 heterocycles. The maximum absolute atomic E-state index is 13.4. The summed E-state index contributed by atoms with van der Waals surface area (Å²) in [6.45, 7) is 14.0. The zero-order valence-corrected chi connectivity index (χ0v) is 49.8. The number of anilines is 2. The summed E-state index contributed by atoms with van der Waals surface area (Å²) in [5.41, 5.74) is 15.1. The minimum Gasteiger partial charge on any atom is -0.463 e. The number of H-pyrrole nitrogens is 1. The van der Waals surface area contributed by atoms with Crippen LogP contribution in [0.2, 0.25) is 0 Å². The van der Waals surface area contributed by atoms with Crippen molar-refractivity contribution in [2.24, 2.45) is 11.6 Å². The van der Waals surface area contributed by atoms with Crippen LogP contribution in [0.25, 0.3) is 11.2 Å². The molecule has 3 aromatic heterocycles. The van der Waals surface area contributed by atoms with E-state index in [1.54, 1.807) is 33.7 Å². The molecule has 29 nitrogen and oxygen atoms in total. The van der Waals surface area contributed by atoms with Crippen molar-refractivity contribution in [3.63, 3.8) is 0 Å². The number of aliphatic hydroxyl groups excluding tert-OH is 1. The fourth-order valence-corrected chi connectivity index (χ4v) is 9.30. The number of ether oxygens (including phenoxy) is 6. The van der Waals surface area contributed by atoms with Crippen molar-refractivity contribution in [1.29, 1.82) is 0 Å². The van der Waals surface area contributed by atoms with Crippen LogP contribution < -0.4 is 49.1 Å². The number of nitrogens with zero attached hydrogens (tertiary/aromatic N) is 8. The van der Waals surface area contributed by atoms with Crippen molar-refractivity contribution in [2.75, 3.05) is 110 Å². The summed E-state index contributed by atoms with van der Waals surface area (Å²) in [4.78, 5) is 83.0.